The quantitative estimate of drug-likeness (QED) is 0.721. The molecule has 1 aliphatic rings. The molecular weight excluding hydrogens is 326 g/mol. The van der Waals surface area contributed by atoms with Crippen LogP contribution < -0.4 is 9.47 Å². The number of hydrogen-bond donors (Lipinski definition) is 0. The van der Waals surface area contributed by atoms with Crippen molar-refractivity contribution in [2.75, 3.05) is 19.8 Å². The van der Waals surface area contributed by atoms with E-state index in [1.165, 1.54) is 16.8 Å². The molecule has 0 atom stereocenters. The number of benzene rings is 1. The minimum Gasteiger partial charge on any atom is -0.490 e. The van der Waals surface area contributed by atoms with E-state index in [1.807, 2.05) is 32.2 Å². The predicted molar refractivity (Wildman–Crippen MR) is 103 cm³/mol. The summed E-state index contributed by atoms with van der Waals surface area (Å²) < 4.78 is 11.6. The first-order valence-electron chi connectivity index (χ1n) is 9.68. The summed E-state index contributed by atoms with van der Waals surface area (Å²) in [5.74, 6) is 2.68. The molecule has 2 aromatic rings. The van der Waals surface area contributed by atoms with E-state index in [4.69, 9.17) is 14.5 Å². The first-order chi connectivity index (χ1) is 12.7. The molecule has 0 fully saturated rings. The summed E-state index contributed by atoms with van der Waals surface area (Å²) >= 11 is 0. The van der Waals surface area contributed by atoms with E-state index in [2.05, 4.69) is 22.9 Å². The van der Waals surface area contributed by atoms with Crippen molar-refractivity contribution in [2.45, 2.75) is 53.1 Å². The monoisotopic (exact) mass is 355 g/mol. The van der Waals surface area contributed by atoms with Crippen LogP contribution in [-0.4, -0.2) is 34.6 Å². The predicted octanol–water partition coefficient (Wildman–Crippen LogP) is 3.78. The number of aromatic nitrogens is 2. The number of hydrogen-bond acceptors (Lipinski definition) is 5. The second-order valence-electron chi connectivity index (χ2n) is 6.58. The average Bonchev–Trinajstić information content (AvgIpc) is 2.65. The lowest BCUT2D eigenvalue weighted by Gasteiger charge is -2.29. The van der Waals surface area contributed by atoms with Crippen LogP contribution in [0.5, 0.6) is 11.5 Å². The maximum atomic E-state index is 5.90. The van der Waals surface area contributed by atoms with Gasteiger partial charge in [0.25, 0.3) is 0 Å². The summed E-state index contributed by atoms with van der Waals surface area (Å²) in [5, 5.41) is 0. The molecule has 1 aromatic carbocycles. The Kier molecular flexibility index (Phi) is 6.45. The SMILES string of the molecule is CCCc1ncc2c(n1)CCN(Cc1cccc(OCC)c1OCC)C2. The first kappa shape index (κ1) is 18.6. The van der Waals surface area contributed by atoms with Crippen LogP contribution in [0.15, 0.2) is 24.4 Å². The third-order valence-corrected chi connectivity index (χ3v) is 4.58. The number of aryl methyl sites for hydroxylation is 1. The number of ether oxygens (including phenoxy) is 2. The van der Waals surface area contributed by atoms with Gasteiger partial charge in [0.1, 0.15) is 5.82 Å². The second kappa shape index (κ2) is 8.99. The molecule has 5 heteroatoms. The molecule has 0 spiro atoms. The summed E-state index contributed by atoms with van der Waals surface area (Å²) in [6.07, 6.45) is 5.03. The molecule has 26 heavy (non-hydrogen) atoms. The van der Waals surface area contributed by atoms with Crippen LogP contribution in [0.25, 0.3) is 0 Å². The molecule has 2 heterocycles. The molecule has 1 aliphatic heterocycles. The van der Waals surface area contributed by atoms with Gasteiger partial charge in [-0.05, 0) is 26.3 Å². The third kappa shape index (κ3) is 4.33. The van der Waals surface area contributed by atoms with E-state index in [1.54, 1.807) is 0 Å². The van der Waals surface area contributed by atoms with Crippen LogP contribution in [0.3, 0.4) is 0 Å². The maximum absolute atomic E-state index is 5.90. The zero-order valence-electron chi connectivity index (χ0n) is 16.1. The Labute approximate surface area is 156 Å². The Bertz CT molecular complexity index is 733. The molecule has 0 aliphatic carbocycles. The van der Waals surface area contributed by atoms with Gasteiger partial charge >= 0.3 is 0 Å². The van der Waals surface area contributed by atoms with Gasteiger partial charge in [-0.15, -0.1) is 0 Å². The normalized spacial score (nSPS) is 14.1. The third-order valence-electron chi connectivity index (χ3n) is 4.58. The fraction of sp³-hybridized carbons (Fsp3) is 0.524. The Hall–Kier alpha value is -2.14. The van der Waals surface area contributed by atoms with Gasteiger partial charge in [-0.25, -0.2) is 9.97 Å². The summed E-state index contributed by atoms with van der Waals surface area (Å²) in [6, 6.07) is 6.15. The standard InChI is InChI=1S/C21H29N3O2/c1-4-8-20-22-13-17-15-24(12-11-18(17)23-20)14-16-9-7-10-19(25-5-2)21(16)26-6-3/h7,9-10,13H,4-6,8,11-12,14-15H2,1-3H3. The lowest BCUT2D eigenvalue weighted by Crippen LogP contribution is -2.31. The highest BCUT2D eigenvalue weighted by Gasteiger charge is 2.20. The molecule has 0 N–H and O–H groups in total. The van der Waals surface area contributed by atoms with Crippen LogP contribution in [0.2, 0.25) is 0 Å². The minimum absolute atomic E-state index is 0.633. The molecule has 0 saturated carbocycles. The van der Waals surface area contributed by atoms with Crippen molar-refractivity contribution < 1.29 is 9.47 Å². The number of nitrogens with zero attached hydrogens (tertiary/aromatic N) is 3. The Morgan fingerprint density at radius 2 is 1.96 bits per heavy atom. The maximum Gasteiger partial charge on any atom is 0.165 e. The largest absolute Gasteiger partial charge is 0.490 e. The average molecular weight is 355 g/mol. The van der Waals surface area contributed by atoms with Gasteiger partial charge < -0.3 is 9.47 Å². The molecule has 5 nitrogen and oxygen atoms in total. The summed E-state index contributed by atoms with van der Waals surface area (Å²) in [5.41, 5.74) is 3.63. The van der Waals surface area contributed by atoms with Crippen molar-refractivity contribution in [3.63, 3.8) is 0 Å². The van der Waals surface area contributed by atoms with Crippen molar-refractivity contribution >= 4 is 0 Å². The molecule has 140 valence electrons. The summed E-state index contributed by atoms with van der Waals surface area (Å²) in [4.78, 5) is 11.7. The fourth-order valence-electron chi connectivity index (χ4n) is 3.40. The zero-order chi connectivity index (χ0) is 18.4. The van der Waals surface area contributed by atoms with Gasteiger partial charge in [-0.3, -0.25) is 4.90 Å². The highest BCUT2D eigenvalue weighted by atomic mass is 16.5. The van der Waals surface area contributed by atoms with Crippen molar-refractivity contribution in [1.82, 2.24) is 14.9 Å². The molecule has 0 saturated heterocycles. The molecule has 0 unspecified atom stereocenters. The van der Waals surface area contributed by atoms with Crippen LogP contribution in [-0.2, 0) is 25.9 Å². The van der Waals surface area contributed by atoms with Crippen molar-refractivity contribution in [2.24, 2.45) is 0 Å². The summed E-state index contributed by atoms with van der Waals surface area (Å²) in [6.45, 7) is 10.2. The molecule has 0 amide bonds. The smallest absolute Gasteiger partial charge is 0.165 e. The van der Waals surface area contributed by atoms with Gasteiger partial charge in [0.2, 0.25) is 0 Å². The number of para-hydroxylation sites is 1. The lowest BCUT2D eigenvalue weighted by molar-refractivity contribution is 0.232. The Balaban J connectivity index is 1.75. The van der Waals surface area contributed by atoms with E-state index < -0.39 is 0 Å². The Morgan fingerprint density at radius 3 is 2.73 bits per heavy atom. The molecule has 1 aromatic heterocycles. The van der Waals surface area contributed by atoms with Crippen LogP contribution in [0, 0.1) is 0 Å². The van der Waals surface area contributed by atoms with Gasteiger partial charge in [-0.1, -0.05) is 19.1 Å². The molecule has 0 bridgehead atoms. The lowest BCUT2D eigenvalue weighted by atomic mass is 10.1. The van der Waals surface area contributed by atoms with E-state index in [9.17, 15) is 0 Å². The van der Waals surface area contributed by atoms with E-state index in [0.717, 1.165) is 56.2 Å². The van der Waals surface area contributed by atoms with Crippen molar-refractivity contribution in [1.29, 1.82) is 0 Å². The van der Waals surface area contributed by atoms with Gasteiger partial charge in [0.15, 0.2) is 11.5 Å². The highest BCUT2D eigenvalue weighted by Crippen LogP contribution is 2.33. The van der Waals surface area contributed by atoms with Crippen molar-refractivity contribution in [3.05, 3.63) is 47.0 Å². The minimum atomic E-state index is 0.633. The first-order valence-corrected chi connectivity index (χ1v) is 9.68. The van der Waals surface area contributed by atoms with Crippen LogP contribution in [0.1, 0.15) is 49.8 Å². The van der Waals surface area contributed by atoms with Gasteiger partial charge in [0.05, 0.1) is 13.2 Å². The molecule has 0 radical (unpaired) electrons. The van der Waals surface area contributed by atoms with E-state index in [0.29, 0.717) is 13.2 Å². The summed E-state index contributed by atoms with van der Waals surface area (Å²) in [7, 11) is 0. The highest BCUT2D eigenvalue weighted by molar-refractivity contribution is 5.46. The van der Waals surface area contributed by atoms with Crippen LogP contribution in [0.4, 0.5) is 0 Å². The van der Waals surface area contributed by atoms with Crippen LogP contribution >= 0.6 is 0 Å². The second-order valence-corrected chi connectivity index (χ2v) is 6.58. The fourth-order valence-corrected chi connectivity index (χ4v) is 3.40. The zero-order valence-corrected chi connectivity index (χ0v) is 16.1. The van der Waals surface area contributed by atoms with Crippen molar-refractivity contribution in [3.8, 4) is 11.5 Å². The Morgan fingerprint density at radius 1 is 1.12 bits per heavy atom. The van der Waals surface area contributed by atoms with E-state index >= 15 is 0 Å². The van der Waals surface area contributed by atoms with Gasteiger partial charge in [0, 0.05) is 55.5 Å². The van der Waals surface area contributed by atoms with Gasteiger partial charge in [-0.2, -0.15) is 0 Å². The topological polar surface area (TPSA) is 47.5 Å². The number of rotatable bonds is 8. The molecule has 3 rings (SSSR count). The number of fused-ring (bicyclic) bond motifs is 1. The van der Waals surface area contributed by atoms with E-state index in [-0.39, 0.29) is 0 Å². The molecular formula is C21H29N3O2.